The average Bonchev–Trinajstić information content (AvgIpc) is 1.91. The molecule has 1 heterocycles. The van der Waals surface area contributed by atoms with Crippen molar-refractivity contribution in [3.8, 4) is 0 Å². The van der Waals surface area contributed by atoms with Crippen LogP contribution in [0.4, 0.5) is 0 Å². The van der Waals surface area contributed by atoms with E-state index in [0.717, 1.165) is 0 Å². The van der Waals surface area contributed by atoms with Gasteiger partial charge >= 0.3 is 0 Å². The summed E-state index contributed by atoms with van der Waals surface area (Å²) in [6, 6.07) is 0. The lowest BCUT2D eigenvalue weighted by atomic mass is 10.6. The smallest absolute Gasteiger partial charge is 0.00696 e. The summed E-state index contributed by atoms with van der Waals surface area (Å²) in [5.74, 6) is 2.66. The molecule has 0 unspecified atom stereocenters. The zero-order valence-corrected chi connectivity index (χ0v) is 8.21. The Morgan fingerprint density at radius 3 is 1.80 bits per heavy atom. The molecular weight excluding hydrogens is 142 g/mol. The van der Waals surface area contributed by atoms with Gasteiger partial charge in [-0.1, -0.05) is 20.3 Å². The Labute approximate surface area is 69.2 Å². The van der Waals surface area contributed by atoms with Crippen LogP contribution >= 0.6 is 11.8 Å². The summed E-state index contributed by atoms with van der Waals surface area (Å²) >= 11 is 2.06. The van der Waals surface area contributed by atoms with Gasteiger partial charge in [0.15, 0.2) is 0 Å². The average molecular weight is 161 g/mol. The van der Waals surface area contributed by atoms with Crippen LogP contribution in [0, 0.1) is 0 Å². The van der Waals surface area contributed by atoms with Crippen molar-refractivity contribution >= 4 is 11.8 Å². The first-order chi connectivity index (χ1) is 4.81. The molecule has 1 rings (SSSR count). The van der Waals surface area contributed by atoms with Gasteiger partial charge < -0.3 is 4.90 Å². The summed E-state index contributed by atoms with van der Waals surface area (Å²) in [4.78, 5) is 2.37. The summed E-state index contributed by atoms with van der Waals surface area (Å²) in [6.45, 7) is 6.81. The van der Waals surface area contributed by atoms with Gasteiger partial charge in [-0.15, -0.1) is 0 Å². The molecule has 0 aromatic heterocycles. The van der Waals surface area contributed by atoms with E-state index in [0.29, 0.717) is 0 Å². The summed E-state index contributed by atoms with van der Waals surface area (Å²) in [7, 11) is 2.18. The molecule has 0 aromatic rings. The van der Waals surface area contributed by atoms with Gasteiger partial charge in [-0.25, -0.2) is 0 Å². The third kappa shape index (κ3) is 6.43. The molecule has 1 aliphatic heterocycles. The van der Waals surface area contributed by atoms with Crippen LogP contribution in [-0.2, 0) is 0 Å². The van der Waals surface area contributed by atoms with E-state index >= 15 is 0 Å². The highest BCUT2D eigenvalue weighted by Gasteiger charge is 2.02. The minimum Gasteiger partial charge on any atom is -0.305 e. The summed E-state index contributed by atoms with van der Waals surface area (Å²) in [5, 5.41) is 0. The molecule has 0 spiro atoms. The fourth-order valence-corrected chi connectivity index (χ4v) is 1.74. The lowest BCUT2D eigenvalue weighted by Gasteiger charge is -2.20. The van der Waals surface area contributed by atoms with Crippen molar-refractivity contribution in [2.45, 2.75) is 20.3 Å². The fraction of sp³-hybridized carbons (Fsp3) is 1.00. The maximum Gasteiger partial charge on any atom is 0.00696 e. The van der Waals surface area contributed by atoms with Crippen LogP contribution in [0.2, 0.25) is 0 Å². The van der Waals surface area contributed by atoms with Gasteiger partial charge in [0.25, 0.3) is 0 Å². The Balaban J connectivity index is 0.000000236. The molecule has 1 fully saturated rings. The van der Waals surface area contributed by atoms with Crippen molar-refractivity contribution < 1.29 is 0 Å². The molecule has 10 heavy (non-hydrogen) atoms. The van der Waals surface area contributed by atoms with Crippen LogP contribution in [0.25, 0.3) is 0 Å². The van der Waals surface area contributed by atoms with Crippen molar-refractivity contribution in [2.75, 3.05) is 31.6 Å². The first-order valence-electron chi connectivity index (χ1n) is 4.07. The van der Waals surface area contributed by atoms with E-state index in [9.17, 15) is 0 Å². The largest absolute Gasteiger partial charge is 0.305 e. The van der Waals surface area contributed by atoms with Gasteiger partial charge in [0, 0.05) is 24.6 Å². The number of hydrogen-bond acceptors (Lipinski definition) is 2. The first kappa shape index (κ1) is 10.3. The van der Waals surface area contributed by atoms with Gasteiger partial charge in [0.05, 0.1) is 0 Å². The fourth-order valence-electron chi connectivity index (χ4n) is 0.655. The predicted octanol–water partition coefficient (Wildman–Crippen LogP) is 2.08. The molecule has 0 saturated carbocycles. The van der Waals surface area contributed by atoms with E-state index in [-0.39, 0.29) is 0 Å². The van der Waals surface area contributed by atoms with Crippen molar-refractivity contribution in [3.05, 3.63) is 0 Å². The molecule has 0 N–H and O–H groups in total. The minimum atomic E-state index is 1.25. The molecule has 0 bridgehead atoms. The van der Waals surface area contributed by atoms with Crippen molar-refractivity contribution in [1.29, 1.82) is 0 Å². The third-order valence-corrected chi connectivity index (χ3v) is 2.18. The topological polar surface area (TPSA) is 3.24 Å². The maximum atomic E-state index is 2.37. The Bertz CT molecular complexity index is 60.3. The second-order valence-electron chi connectivity index (χ2n) is 2.62. The lowest BCUT2D eigenvalue weighted by Crippen LogP contribution is -2.28. The Kier molecular flexibility index (Phi) is 7.65. The van der Waals surface area contributed by atoms with Crippen LogP contribution in [0.1, 0.15) is 20.3 Å². The monoisotopic (exact) mass is 161 g/mol. The predicted molar refractivity (Wildman–Crippen MR) is 50.8 cm³/mol. The number of hydrogen-bond donors (Lipinski definition) is 0. The first-order valence-corrected chi connectivity index (χ1v) is 5.23. The standard InChI is InChI=1S/C5H11NS.C3H8/c1-6-2-4-7-5-3-6;1-3-2/h2-5H2,1H3;3H2,1-2H3. The van der Waals surface area contributed by atoms with Crippen LogP contribution in [-0.4, -0.2) is 36.5 Å². The zero-order chi connectivity index (χ0) is 7.82. The zero-order valence-electron chi connectivity index (χ0n) is 7.39. The van der Waals surface area contributed by atoms with E-state index in [1.807, 2.05) is 0 Å². The summed E-state index contributed by atoms with van der Waals surface area (Å²) in [6.07, 6.45) is 1.25. The molecule has 0 aliphatic carbocycles. The van der Waals surface area contributed by atoms with Gasteiger partial charge in [0.2, 0.25) is 0 Å². The van der Waals surface area contributed by atoms with Crippen molar-refractivity contribution in [2.24, 2.45) is 0 Å². The van der Waals surface area contributed by atoms with Crippen LogP contribution in [0.3, 0.4) is 0 Å². The van der Waals surface area contributed by atoms with E-state index < -0.39 is 0 Å². The maximum absolute atomic E-state index is 2.37. The number of nitrogens with zero attached hydrogens (tertiary/aromatic N) is 1. The van der Waals surface area contributed by atoms with Crippen LogP contribution in [0.15, 0.2) is 0 Å². The van der Waals surface area contributed by atoms with Gasteiger partial charge in [0.1, 0.15) is 0 Å². The lowest BCUT2D eigenvalue weighted by molar-refractivity contribution is 0.372. The van der Waals surface area contributed by atoms with E-state index in [1.165, 1.54) is 31.0 Å². The second kappa shape index (κ2) is 7.42. The molecule has 62 valence electrons. The van der Waals surface area contributed by atoms with E-state index in [4.69, 9.17) is 0 Å². The molecule has 0 radical (unpaired) electrons. The van der Waals surface area contributed by atoms with E-state index in [1.54, 1.807) is 0 Å². The molecule has 0 amide bonds. The highest BCUT2D eigenvalue weighted by atomic mass is 32.2. The quantitative estimate of drug-likeness (QED) is 0.535. The van der Waals surface area contributed by atoms with E-state index in [2.05, 4.69) is 37.6 Å². The molecule has 0 atom stereocenters. The molecule has 1 saturated heterocycles. The number of thioether (sulfide) groups is 1. The highest BCUT2D eigenvalue weighted by Crippen LogP contribution is 2.05. The Morgan fingerprint density at radius 2 is 1.60 bits per heavy atom. The molecular formula is C8H19NS. The van der Waals surface area contributed by atoms with Crippen LogP contribution in [0.5, 0.6) is 0 Å². The van der Waals surface area contributed by atoms with Crippen LogP contribution < -0.4 is 0 Å². The van der Waals surface area contributed by atoms with Crippen molar-refractivity contribution in [3.63, 3.8) is 0 Å². The van der Waals surface area contributed by atoms with Gasteiger partial charge in [-0.05, 0) is 7.05 Å². The minimum absolute atomic E-state index is 1.25. The Morgan fingerprint density at radius 1 is 1.20 bits per heavy atom. The van der Waals surface area contributed by atoms with Crippen molar-refractivity contribution in [1.82, 2.24) is 4.90 Å². The SMILES string of the molecule is CCC.CN1CCSCC1. The molecule has 1 nitrogen and oxygen atoms in total. The van der Waals surface area contributed by atoms with Gasteiger partial charge in [-0.2, -0.15) is 11.8 Å². The third-order valence-electron chi connectivity index (χ3n) is 1.23. The molecule has 0 aromatic carbocycles. The highest BCUT2D eigenvalue weighted by molar-refractivity contribution is 7.99. The summed E-state index contributed by atoms with van der Waals surface area (Å²) < 4.78 is 0. The van der Waals surface area contributed by atoms with Gasteiger partial charge in [-0.3, -0.25) is 0 Å². The molecule has 1 aliphatic rings. The number of rotatable bonds is 0. The summed E-state index contributed by atoms with van der Waals surface area (Å²) in [5.41, 5.74) is 0. The Hall–Kier alpha value is 0.310. The second-order valence-corrected chi connectivity index (χ2v) is 3.85. The normalized spacial score (nSPS) is 19.5. The molecule has 2 heteroatoms.